The minimum atomic E-state index is -1.32. The fourth-order valence-corrected chi connectivity index (χ4v) is 2.04. The SMILES string of the molecule is COc1cccc(OC)c1-c1nc(C)c(C(=O)O)c(=O)[nH]1. The van der Waals surface area contributed by atoms with Gasteiger partial charge in [0.15, 0.2) is 0 Å². The number of methoxy groups -OCH3 is 2. The quantitative estimate of drug-likeness (QED) is 0.884. The highest BCUT2D eigenvalue weighted by Gasteiger charge is 2.19. The Morgan fingerprint density at radius 1 is 1.24 bits per heavy atom. The van der Waals surface area contributed by atoms with Crippen LogP contribution in [0.1, 0.15) is 16.1 Å². The van der Waals surface area contributed by atoms with E-state index in [2.05, 4.69) is 9.97 Å². The van der Waals surface area contributed by atoms with Crippen molar-refractivity contribution < 1.29 is 19.4 Å². The first kappa shape index (κ1) is 14.6. The van der Waals surface area contributed by atoms with E-state index >= 15 is 0 Å². The van der Waals surface area contributed by atoms with Crippen molar-refractivity contribution in [1.82, 2.24) is 9.97 Å². The number of aromatic carboxylic acids is 1. The number of H-pyrrole nitrogens is 1. The van der Waals surface area contributed by atoms with Crippen LogP contribution in [0.4, 0.5) is 0 Å². The van der Waals surface area contributed by atoms with Crippen LogP contribution in [0, 0.1) is 6.92 Å². The van der Waals surface area contributed by atoms with Gasteiger partial charge in [0.1, 0.15) is 28.5 Å². The molecule has 0 unspecified atom stereocenters. The number of rotatable bonds is 4. The summed E-state index contributed by atoms with van der Waals surface area (Å²) < 4.78 is 10.5. The second-order valence-electron chi connectivity index (χ2n) is 4.22. The topological polar surface area (TPSA) is 102 Å². The summed E-state index contributed by atoms with van der Waals surface area (Å²) in [5.41, 5.74) is -0.528. The summed E-state index contributed by atoms with van der Waals surface area (Å²) in [7, 11) is 2.96. The molecule has 0 aliphatic heterocycles. The number of hydrogen-bond acceptors (Lipinski definition) is 5. The van der Waals surface area contributed by atoms with Gasteiger partial charge in [-0.25, -0.2) is 9.78 Å². The Morgan fingerprint density at radius 2 is 1.81 bits per heavy atom. The summed E-state index contributed by atoms with van der Waals surface area (Å²) in [6.07, 6.45) is 0. The molecule has 1 aromatic heterocycles. The van der Waals surface area contributed by atoms with Gasteiger partial charge < -0.3 is 19.6 Å². The minimum absolute atomic E-state index is 0.120. The third-order valence-electron chi connectivity index (χ3n) is 2.98. The molecule has 2 aromatic rings. The average Bonchev–Trinajstić information content (AvgIpc) is 2.44. The van der Waals surface area contributed by atoms with E-state index in [0.717, 1.165) is 0 Å². The Morgan fingerprint density at radius 3 is 2.24 bits per heavy atom. The molecule has 0 amide bonds. The smallest absolute Gasteiger partial charge is 0.343 e. The Hall–Kier alpha value is -2.83. The third-order valence-corrected chi connectivity index (χ3v) is 2.98. The van der Waals surface area contributed by atoms with Gasteiger partial charge in [-0.2, -0.15) is 0 Å². The summed E-state index contributed by atoms with van der Waals surface area (Å²) in [4.78, 5) is 29.5. The van der Waals surface area contributed by atoms with Crippen molar-refractivity contribution in [3.8, 4) is 22.9 Å². The molecule has 1 aromatic carbocycles. The maximum Gasteiger partial charge on any atom is 0.343 e. The van der Waals surface area contributed by atoms with Crippen LogP contribution in [0.25, 0.3) is 11.4 Å². The molecular formula is C14H14N2O5. The second-order valence-corrected chi connectivity index (χ2v) is 4.22. The van der Waals surface area contributed by atoms with Gasteiger partial charge in [0.2, 0.25) is 0 Å². The Balaban J connectivity index is 2.74. The molecule has 7 nitrogen and oxygen atoms in total. The zero-order chi connectivity index (χ0) is 15.6. The number of aromatic nitrogens is 2. The number of carboxylic acids is 1. The standard InChI is InChI=1S/C14H14N2O5/c1-7-10(14(18)19)13(17)16-12(15-7)11-8(20-2)5-4-6-9(11)21-3/h4-6H,1-3H3,(H,18,19)(H,15,16,17). The van der Waals surface area contributed by atoms with Gasteiger partial charge in [-0.15, -0.1) is 0 Å². The number of aromatic amines is 1. The summed E-state index contributed by atoms with van der Waals surface area (Å²) in [6.45, 7) is 1.46. The predicted molar refractivity (Wildman–Crippen MR) is 75.1 cm³/mol. The van der Waals surface area contributed by atoms with Crippen LogP contribution in [0.15, 0.2) is 23.0 Å². The van der Waals surface area contributed by atoms with Gasteiger partial charge >= 0.3 is 5.97 Å². The molecule has 0 bridgehead atoms. The highest BCUT2D eigenvalue weighted by Crippen LogP contribution is 2.35. The number of aryl methyl sites for hydroxylation is 1. The molecule has 0 saturated heterocycles. The summed E-state index contributed by atoms with van der Waals surface area (Å²) in [5, 5.41) is 9.00. The van der Waals surface area contributed by atoms with E-state index < -0.39 is 11.5 Å². The summed E-state index contributed by atoms with van der Waals surface area (Å²) in [6, 6.07) is 5.12. The van der Waals surface area contributed by atoms with Gasteiger partial charge in [-0.3, -0.25) is 4.79 Å². The van der Waals surface area contributed by atoms with Crippen LogP contribution in [-0.4, -0.2) is 35.3 Å². The number of nitrogens with one attached hydrogen (secondary N) is 1. The van der Waals surface area contributed by atoms with E-state index in [9.17, 15) is 9.59 Å². The van der Waals surface area contributed by atoms with Crippen molar-refractivity contribution in [3.05, 3.63) is 39.8 Å². The minimum Gasteiger partial charge on any atom is -0.496 e. The fourth-order valence-electron chi connectivity index (χ4n) is 2.04. The van der Waals surface area contributed by atoms with Gasteiger partial charge in [-0.1, -0.05) is 6.07 Å². The first-order valence-electron chi connectivity index (χ1n) is 6.05. The highest BCUT2D eigenvalue weighted by atomic mass is 16.5. The van der Waals surface area contributed by atoms with Crippen molar-refractivity contribution in [2.24, 2.45) is 0 Å². The molecule has 0 spiro atoms. The number of hydrogen-bond donors (Lipinski definition) is 2. The molecule has 0 aliphatic carbocycles. The van der Waals surface area contributed by atoms with Crippen LogP contribution in [0.2, 0.25) is 0 Å². The summed E-state index contributed by atoms with van der Waals surface area (Å²) >= 11 is 0. The Labute approximate surface area is 120 Å². The molecule has 21 heavy (non-hydrogen) atoms. The number of carboxylic acid groups (broad SMARTS) is 1. The van der Waals surface area contributed by atoms with Crippen LogP contribution in [-0.2, 0) is 0 Å². The third kappa shape index (κ3) is 2.58. The maximum absolute atomic E-state index is 11.9. The number of nitrogens with zero attached hydrogens (tertiary/aromatic N) is 1. The van der Waals surface area contributed by atoms with E-state index in [1.54, 1.807) is 18.2 Å². The van der Waals surface area contributed by atoms with E-state index in [1.807, 2.05) is 0 Å². The second kappa shape index (κ2) is 5.66. The molecule has 0 saturated carbocycles. The van der Waals surface area contributed by atoms with Crippen molar-refractivity contribution >= 4 is 5.97 Å². The van der Waals surface area contributed by atoms with Crippen molar-refractivity contribution in [2.75, 3.05) is 14.2 Å². The van der Waals surface area contributed by atoms with Crippen LogP contribution in [0.3, 0.4) is 0 Å². The largest absolute Gasteiger partial charge is 0.496 e. The Kier molecular flexibility index (Phi) is 3.93. The highest BCUT2D eigenvalue weighted by molar-refractivity contribution is 5.88. The van der Waals surface area contributed by atoms with E-state index in [4.69, 9.17) is 14.6 Å². The molecule has 0 radical (unpaired) electrons. The lowest BCUT2D eigenvalue weighted by atomic mass is 10.1. The maximum atomic E-state index is 11.9. The van der Waals surface area contributed by atoms with Gasteiger partial charge in [0, 0.05) is 0 Å². The lowest BCUT2D eigenvalue weighted by Crippen LogP contribution is -2.21. The molecule has 0 aliphatic rings. The molecule has 2 N–H and O–H groups in total. The van der Waals surface area contributed by atoms with Crippen LogP contribution in [0.5, 0.6) is 11.5 Å². The first-order chi connectivity index (χ1) is 9.99. The number of carbonyl (C=O) groups is 1. The first-order valence-corrected chi connectivity index (χ1v) is 6.05. The zero-order valence-corrected chi connectivity index (χ0v) is 11.8. The molecule has 1 heterocycles. The van der Waals surface area contributed by atoms with Crippen LogP contribution < -0.4 is 15.0 Å². The number of ether oxygens (including phenoxy) is 2. The van der Waals surface area contributed by atoms with Crippen molar-refractivity contribution in [1.29, 1.82) is 0 Å². The molecular weight excluding hydrogens is 276 g/mol. The van der Waals surface area contributed by atoms with Gasteiger partial charge in [0.05, 0.1) is 19.9 Å². The van der Waals surface area contributed by atoms with E-state index in [-0.39, 0.29) is 17.1 Å². The average molecular weight is 290 g/mol. The lowest BCUT2D eigenvalue weighted by Gasteiger charge is -2.13. The lowest BCUT2D eigenvalue weighted by molar-refractivity contribution is 0.0693. The predicted octanol–water partition coefficient (Wildman–Crippen LogP) is 1.46. The molecule has 7 heteroatoms. The molecule has 0 fully saturated rings. The van der Waals surface area contributed by atoms with E-state index in [0.29, 0.717) is 17.1 Å². The normalized spacial score (nSPS) is 10.2. The fraction of sp³-hybridized carbons (Fsp3) is 0.214. The number of benzene rings is 1. The molecule has 110 valence electrons. The summed E-state index contributed by atoms with van der Waals surface area (Å²) in [5.74, 6) is -0.212. The van der Waals surface area contributed by atoms with Crippen LogP contribution >= 0.6 is 0 Å². The van der Waals surface area contributed by atoms with Gasteiger partial charge in [-0.05, 0) is 19.1 Å². The monoisotopic (exact) mass is 290 g/mol. The van der Waals surface area contributed by atoms with E-state index in [1.165, 1.54) is 21.1 Å². The molecule has 2 rings (SSSR count). The Bertz CT molecular complexity index is 729. The van der Waals surface area contributed by atoms with Gasteiger partial charge in [0.25, 0.3) is 5.56 Å². The zero-order valence-electron chi connectivity index (χ0n) is 11.8. The van der Waals surface area contributed by atoms with Crippen molar-refractivity contribution in [3.63, 3.8) is 0 Å². The molecule has 0 atom stereocenters. The van der Waals surface area contributed by atoms with Crippen molar-refractivity contribution in [2.45, 2.75) is 6.92 Å².